The Morgan fingerprint density at radius 2 is 2.15 bits per heavy atom. The molecule has 20 heavy (non-hydrogen) atoms. The average Bonchev–Trinajstić information content (AvgIpc) is 2.44. The summed E-state index contributed by atoms with van der Waals surface area (Å²) in [5, 5.41) is 3.44. The number of likely N-dealkylation sites (N-methyl/N-ethyl adjacent to an activating group) is 1. The van der Waals surface area contributed by atoms with E-state index in [9.17, 15) is 0 Å². The molecule has 1 fully saturated rings. The van der Waals surface area contributed by atoms with Gasteiger partial charge < -0.3 is 5.32 Å². The molecule has 1 heterocycles. The van der Waals surface area contributed by atoms with Crippen LogP contribution >= 0.6 is 0 Å². The Labute approximate surface area is 121 Å². The van der Waals surface area contributed by atoms with E-state index in [0.29, 0.717) is 6.04 Å². The van der Waals surface area contributed by atoms with Gasteiger partial charge in [-0.15, -0.1) is 0 Å². The van der Waals surface area contributed by atoms with Gasteiger partial charge in [0, 0.05) is 18.4 Å². The summed E-state index contributed by atoms with van der Waals surface area (Å²) < 4.78 is 0. The number of nitrogens with one attached hydrogen (secondary N) is 1. The molecule has 2 nitrogen and oxygen atoms in total. The summed E-state index contributed by atoms with van der Waals surface area (Å²) >= 11 is 0. The number of nitrogens with zero attached hydrogens (tertiary/aromatic N) is 1. The van der Waals surface area contributed by atoms with Crippen molar-refractivity contribution in [1.82, 2.24) is 10.3 Å². The minimum atomic E-state index is 0.360. The first-order valence-electron chi connectivity index (χ1n) is 7.53. The first-order chi connectivity index (χ1) is 9.86. The average molecular weight is 266 g/mol. The van der Waals surface area contributed by atoms with Crippen molar-refractivity contribution in [3.63, 3.8) is 0 Å². The fourth-order valence-electron chi connectivity index (χ4n) is 2.91. The third-order valence-electron chi connectivity index (χ3n) is 4.40. The summed E-state index contributed by atoms with van der Waals surface area (Å²) in [7, 11) is 2.04. The first-order valence-corrected chi connectivity index (χ1v) is 7.53. The summed E-state index contributed by atoms with van der Waals surface area (Å²) in [5.74, 6) is 0.797. The molecule has 1 N–H and O–H groups in total. The maximum absolute atomic E-state index is 4.21. The Morgan fingerprint density at radius 3 is 2.80 bits per heavy atom. The molecule has 104 valence electrons. The van der Waals surface area contributed by atoms with E-state index < -0.39 is 0 Å². The Kier molecular flexibility index (Phi) is 4.12. The number of hydrogen-bond donors (Lipinski definition) is 1. The zero-order valence-corrected chi connectivity index (χ0v) is 12.0. The largest absolute Gasteiger partial charge is 0.313 e. The van der Waals surface area contributed by atoms with Crippen molar-refractivity contribution in [2.24, 2.45) is 0 Å². The van der Waals surface area contributed by atoms with E-state index in [1.807, 2.05) is 25.5 Å². The maximum Gasteiger partial charge on any atom is 0.0359 e. The number of pyridine rings is 1. The highest BCUT2D eigenvalue weighted by atomic mass is 14.9. The van der Waals surface area contributed by atoms with E-state index in [2.05, 4.69) is 40.6 Å². The third-order valence-corrected chi connectivity index (χ3v) is 4.40. The number of hydrogen-bond acceptors (Lipinski definition) is 2. The molecule has 1 aliphatic rings. The Balaban J connectivity index is 1.78. The van der Waals surface area contributed by atoms with Crippen molar-refractivity contribution in [1.29, 1.82) is 0 Å². The van der Waals surface area contributed by atoms with Crippen LogP contribution in [0.4, 0.5) is 0 Å². The number of aromatic nitrogens is 1. The van der Waals surface area contributed by atoms with Gasteiger partial charge in [0.2, 0.25) is 0 Å². The molecule has 2 heteroatoms. The van der Waals surface area contributed by atoms with Crippen molar-refractivity contribution in [2.75, 3.05) is 7.05 Å². The smallest absolute Gasteiger partial charge is 0.0359 e. The van der Waals surface area contributed by atoms with E-state index in [-0.39, 0.29) is 0 Å². The lowest BCUT2D eigenvalue weighted by Gasteiger charge is -2.27. The Morgan fingerprint density at radius 1 is 1.25 bits per heavy atom. The van der Waals surface area contributed by atoms with E-state index in [1.165, 1.54) is 36.0 Å². The van der Waals surface area contributed by atoms with Gasteiger partial charge in [-0.25, -0.2) is 0 Å². The van der Waals surface area contributed by atoms with Crippen LogP contribution in [0.25, 0.3) is 0 Å². The topological polar surface area (TPSA) is 24.9 Å². The predicted molar refractivity (Wildman–Crippen MR) is 82.8 cm³/mol. The van der Waals surface area contributed by atoms with Crippen LogP contribution in [0.1, 0.15) is 47.9 Å². The van der Waals surface area contributed by atoms with E-state index in [4.69, 9.17) is 0 Å². The minimum absolute atomic E-state index is 0.360. The summed E-state index contributed by atoms with van der Waals surface area (Å²) in [5.41, 5.74) is 4.18. The summed E-state index contributed by atoms with van der Waals surface area (Å²) in [4.78, 5) is 4.21. The third kappa shape index (κ3) is 2.91. The monoisotopic (exact) mass is 266 g/mol. The Hall–Kier alpha value is -1.67. The van der Waals surface area contributed by atoms with Crippen molar-refractivity contribution in [2.45, 2.75) is 37.6 Å². The predicted octanol–water partition coefficient (Wildman–Crippen LogP) is 3.85. The van der Waals surface area contributed by atoms with Crippen molar-refractivity contribution < 1.29 is 0 Å². The molecule has 0 saturated heterocycles. The molecule has 2 aromatic rings. The van der Waals surface area contributed by atoms with Gasteiger partial charge in [0.1, 0.15) is 0 Å². The van der Waals surface area contributed by atoms with Crippen LogP contribution < -0.4 is 5.32 Å². The molecule has 0 aliphatic heterocycles. The van der Waals surface area contributed by atoms with Crippen LogP contribution in [-0.2, 0) is 6.42 Å². The molecule has 1 aromatic carbocycles. The molecule has 1 aliphatic carbocycles. The first kappa shape index (κ1) is 13.3. The lowest BCUT2D eigenvalue weighted by atomic mass is 9.79. The molecule has 1 unspecified atom stereocenters. The van der Waals surface area contributed by atoms with Crippen LogP contribution in [0.5, 0.6) is 0 Å². The van der Waals surface area contributed by atoms with Crippen LogP contribution in [0.2, 0.25) is 0 Å². The van der Waals surface area contributed by atoms with E-state index in [0.717, 1.165) is 12.3 Å². The summed E-state index contributed by atoms with van der Waals surface area (Å²) in [6.07, 6.45) is 8.88. The van der Waals surface area contributed by atoms with Gasteiger partial charge in [-0.1, -0.05) is 36.8 Å². The highest BCUT2D eigenvalue weighted by molar-refractivity contribution is 5.30. The standard InChI is InChI=1S/C18H22N2/c1-19-18(11-14-5-4-10-20-13-14)17-9-3-8-16(12-17)15-6-2-7-15/h3-5,8-10,12-13,15,18-19H,2,6-7,11H2,1H3. The lowest BCUT2D eigenvalue weighted by Crippen LogP contribution is -2.19. The van der Waals surface area contributed by atoms with Crippen LogP contribution in [0, 0.1) is 0 Å². The van der Waals surface area contributed by atoms with Gasteiger partial charge in [-0.3, -0.25) is 4.98 Å². The molecule has 1 aromatic heterocycles. The SMILES string of the molecule is CNC(Cc1cccnc1)c1cccc(C2CCC2)c1. The van der Waals surface area contributed by atoms with Gasteiger partial charge >= 0.3 is 0 Å². The molecule has 0 bridgehead atoms. The molecular weight excluding hydrogens is 244 g/mol. The molecular formula is C18H22N2. The van der Waals surface area contributed by atoms with E-state index >= 15 is 0 Å². The summed E-state index contributed by atoms with van der Waals surface area (Å²) in [6, 6.07) is 13.6. The fourth-order valence-corrected chi connectivity index (χ4v) is 2.91. The summed E-state index contributed by atoms with van der Waals surface area (Å²) in [6.45, 7) is 0. The lowest BCUT2D eigenvalue weighted by molar-refractivity contribution is 0.419. The molecule has 0 radical (unpaired) electrons. The van der Waals surface area contributed by atoms with Gasteiger partial charge in [-0.05, 0) is 55.0 Å². The molecule has 3 rings (SSSR count). The number of rotatable bonds is 5. The van der Waals surface area contributed by atoms with Gasteiger partial charge in [0.05, 0.1) is 0 Å². The molecule has 1 atom stereocenters. The van der Waals surface area contributed by atoms with E-state index in [1.54, 1.807) is 0 Å². The van der Waals surface area contributed by atoms with Crippen molar-refractivity contribution in [3.8, 4) is 0 Å². The highest BCUT2D eigenvalue weighted by Crippen LogP contribution is 2.37. The molecule has 0 amide bonds. The van der Waals surface area contributed by atoms with Gasteiger partial charge in [0.25, 0.3) is 0 Å². The normalized spacial score (nSPS) is 16.6. The van der Waals surface area contributed by atoms with Crippen LogP contribution in [-0.4, -0.2) is 12.0 Å². The molecule has 0 spiro atoms. The quantitative estimate of drug-likeness (QED) is 0.889. The van der Waals surface area contributed by atoms with Crippen molar-refractivity contribution in [3.05, 3.63) is 65.5 Å². The van der Waals surface area contributed by atoms with Crippen LogP contribution in [0.3, 0.4) is 0 Å². The maximum atomic E-state index is 4.21. The molecule has 1 saturated carbocycles. The fraction of sp³-hybridized carbons (Fsp3) is 0.389. The number of benzene rings is 1. The van der Waals surface area contributed by atoms with Crippen LogP contribution in [0.15, 0.2) is 48.8 Å². The second-order valence-electron chi connectivity index (χ2n) is 5.70. The highest BCUT2D eigenvalue weighted by Gasteiger charge is 2.20. The second kappa shape index (κ2) is 6.19. The second-order valence-corrected chi connectivity index (χ2v) is 5.70. The van der Waals surface area contributed by atoms with Gasteiger partial charge in [-0.2, -0.15) is 0 Å². The zero-order chi connectivity index (χ0) is 13.8. The van der Waals surface area contributed by atoms with Crippen molar-refractivity contribution >= 4 is 0 Å². The minimum Gasteiger partial charge on any atom is -0.313 e. The zero-order valence-electron chi connectivity index (χ0n) is 12.0. The Bertz CT molecular complexity index is 546. The van der Waals surface area contributed by atoms with Gasteiger partial charge in [0.15, 0.2) is 0 Å².